The molecule has 4 aromatic rings. The summed E-state index contributed by atoms with van der Waals surface area (Å²) in [7, 11) is 0. The normalized spacial score (nSPS) is 10.6. The Bertz CT molecular complexity index is 1070. The zero-order valence-corrected chi connectivity index (χ0v) is 16.2. The first-order valence-electron chi connectivity index (χ1n) is 8.42. The van der Waals surface area contributed by atoms with E-state index in [0.717, 1.165) is 27.8 Å². The minimum absolute atomic E-state index is 0.0952. The number of thiazole rings is 1. The predicted molar refractivity (Wildman–Crippen MR) is 114 cm³/mol. The number of benzene rings is 2. The molecule has 2 heterocycles. The third-order valence-electron chi connectivity index (χ3n) is 3.93. The van der Waals surface area contributed by atoms with Crippen molar-refractivity contribution < 1.29 is 4.79 Å². The maximum atomic E-state index is 12.2. The van der Waals surface area contributed by atoms with Crippen LogP contribution in [0.2, 0.25) is 0 Å². The number of hydrogen-bond donors (Lipinski definition) is 2. The lowest BCUT2D eigenvalue weighted by atomic mass is 10.1. The average Bonchev–Trinajstić information content (AvgIpc) is 3.34. The van der Waals surface area contributed by atoms with Crippen LogP contribution < -0.4 is 10.6 Å². The molecule has 0 aliphatic rings. The summed E-state index contributed by atoms with van der Waals surface area (Å²) in [4.78, 5) is 17.6. The summed E-state index contributed by atoms with van der Waals surface area (Å²) < 4.78 is 0. The third-order valence-corrected chi connectivity index (χ3v) is 5.56. The molecule has 2 aromatic carbocycles. The van der Waals surface area contributed by atoms with Gasteiger partial charge in [0.25, 0.3) is 5.91 Å². The van der Waals surface area contributed by atoms with Crippen molar-refractivity contribution >= 4 is 45.1 Å². The van der Waals surface area contributed by atoms with Gasteiger partial charge >= 0.3 is 0 Å². The largest absolute Gasteiger partial charge is 0.332 e. The lowest BCUT2D eigenvalue weighted by molar-refractivity contribution is 0.103. The first-order valence-corrected chi connectivity index (χ1v) is 10.2. The number of aromatic nitrogens is 1. The molecular formula is C21H17N3OS2. The van der Waals surface area contributed by atoms with Crippen LogP contribution in [0.4, 0.5) is 16.5 Å². The van der Waals surface area contributed by atoms with Crippen molar-refractivity contribution in [3.8, 4) is 11.3 Å². The van der Waals surface area contributed by atoms with E-state index in [-0.39, 0.29) is 5.91 Å². The standard InChI is InChI=1S/C21H17N3OS2/c1-14-5-2-7-16(11-14)23-21-24-18(13-27-21)15-6-3-8-17(12-15)22-20(25)19-9-4-10-26-19/h2-13H,1H3,(H,22,25)(H,23,24). The van der Waals surface area contributed by atoms with E-state index in [1.165, 1.54) is 16.9 Å². The molecule has 0 bridgehead atoms. The second-order valence-electron chi connectivity index (χ2n) is 6.04. The maximum absolute atomic E-state index is 12.2. The highest BCUT2D eigenvalue weighted by Gasteiger charge is 2.09. The number of carbonyl (C=O) groups excluding carboxylic acids is 1. The molecule has 0 atom stereocenters. The molecule has 27 heavy (non-hydrogen) atoms. The van der Waals surface area contributed by atoms with Crippen LogP contribution in [0.3, 0.4) is 0 Å². The van der Waals surface area contributed by atoms with Gasteiger partial charge in [0.1, 0.15) is 0 Å². The fraction of sp³-hybridized carbons (Fsp3) is 0.0476. The van der Waals surface area contributed by atoms with E-state index in [1.54, 1.807) is 11.3 Å². The van der Waals surface area contributed by atoms with Crippen molar-refractivity contribution in [2.24, 2.45) is 0 Å². The summed E-state index contributed by atoms with van der Waals surface area (Å²) >= 11 is 2.98. The van der Waals surface area contributed by atoms with E-state index in [4.69, 9.17) is 0 Å². The van der Waals surface area contributed by atoms with E-state index in [9.17, 15) is 4.79 Å². The molecular weight excluding hydrogens is 374 g/mol. The number of hydrogen-bond acceptors (Lipinski definition) is 5. The lowest BCUT2D eigenvalue weighted by Gasteiger charge is -2.05. The van der Waals surface area contributed by atoms with E-state index in [0.29, 0.717) is 4.88 Å². The van der Waals surface area contributed by atoms with E-state index < -0.39 is 0 Å². The van der Waals surface area contributed by atoms with Gasteiger partial charge in [-0.1, -0.05) is 30.3 Å². The first-order chi connectivity index (χ1) is 13.2. The Balaban J connectivity index is 1.50. The van der Waals surface area contributed by atoms with Gasteiger partial charge < -0.3 is 10.6 Å². The van der Waals surface area contributed by atoms with Crippen molar-refractivity contribution in [1.29, 1.82) is 0 Å². The number of rotatable bonds is 5. The Kier molecular flexibility index (Phi) is 5.00. The van der Waals surface area contributed by atoms with Gasteiger partial charge in [0, 0.05) is 22.3 Å². The predicted octanol–water partition coefficient (Wildman–Crippen LogP) is 6.18. The topological polar surface area (TPSA) is 54.0 Å². The van der Waals surface area contributed by atoms with Crippen molar-refractivity contribution in [2.75, 3.05) is 10.6 Å². The molecule has 134 valence electrons. The number of anilines is 3. The third kappa shape index (κ3) is 4.24. The molecule has 0 aliphatic carbocycles. The molecule has 1 amide bonds. The number of carbonyl (C=O) groups is 1. The SMILES string of the molecule is Cc1cccc(Nc2nc(-c3cccc(NC(=O)c4cccs4)c3)cs2)c1. The second kappa shape index (κ2) is 7.73. The molecule has 4 nitrogen and oxygen atoms in total. The van der Waals surface area contributed by atoms with Gasteiger partial charge in [0.05, 0.1) is 10.6 Å². The molecule has 0 spiro atoms. The van der Waals surface area contributed by atoms with Gasteiger partial charge in [0.15, 0.2) is 5.13 Å². The van der Waals surface area contributed by atoms with Gasteiger partial charge in [-0.3, -0.25) is 4.79 Å². The summed E-state index contributed by atoms with van der Waals surface area (Å²) in [6.07, 6.45) is 0. The van der Waals surface area contributed by atoms with Crippen LogP contribution >= 0.6 is 22.7 Å². The lowest BCUT2D eigenvalue weighted by Crippen LogP contribution is -2.09. The number of nitrogens with one attached hydrogen (secondary N) is 2. The molecule has 0 aliphatic heterocycles. The molecule has 2 aromatic heterocycles. The van der Waals surface area contributed by atoms with Gasteiger partial charge in [0.2, 0.25) is 0 Å². The number of thiophene rings is 1. The molecule has 0 saturated heterocycles. The molecule has 0 fully saturated rings. The van der Waals surface area contributed by atoms with Crippen molar-refractivity contribution in [3.05, 3.63) is 81.9 Å². The highest BCUT2D eigenvalue weighted by atomic mass is 32.1. The smallest absolute Gasteiger partial charge is 0.265 e. The Morgan fingerprint density at radius 3 is 2.63 bits per heavy atom. The Hall–Kier alpha value is -2.96. The van der Waals surface area contributed by atoms with E-state index in [2.05, 4.69) is 34.7 Å². The number of nitrogens with zero attached hydrogens (tertiary/aromatic N) is 1. The van der Waals surface area contributed by atoms with E-state index >= 15 is 0 Å². The van der Waals surface area contributed by atoms with Crippen LogP contribution in [0.25, 0.3) is 11.3 Å². The second-order valence-corrected chi connectivity index (χ2v) is 7.85. The molecule has 4 rings (SSSR count). The number of amides is 1. The van der Waals surface area contributed by atoms with Gasteiger partial charge in [-0.05, 0) is 48.2 Å². The molecule has 2 N–H and O–H groups in total. The molecule has 0 radical (unpaired) electrons. The summed E-state index contributed by atoms with van der Waals surface area (Å²) in [6.45, 7) is 2.06. The minimum Gasteiger partial charge on any atom is -0.332 e. The summed E-state index contributed by atoms with van der Waals surface area (Å²) in [6, 6.07) is 19.6. The average molecular weight is 392 g/mol. The van der Waals surface area contributed by atoms with Crippen LogP contribution in [0.1, 0.15) is 15.2 Å². The molecule has 0 unspecified atom stereocenters. The van der Waals surface area contributed by atoms with Crippen LogP contribution in [-0.2, 0) is 0 Å². The highest BCUT2D eigenvalue weighted by molar-refractivity contribution is 7.14. The van der Waals surface area contributed by atoms with Gasteiger partial charge in [-0.2, -0.15) is 0 Å². The van der Waals surface area contributed by atoms with Gasteiger partial charge in [-0.25, -0.2) is 4.98 Å². The quantitative estimate of drug-likeness (QED) is 0.427. The fourth-order valence-electron chi connectivity index (χ4n) is 2.67. The molecule has 0 saturated carbocycles. The Morgan fingerprint density at radius 1 is 0.963 bits per heavy atom. The Morgan fingerprint density at radius 2 is 1.81 bits per heavy atom. The monoisotopic (exact) mass is 391 g/mol. The van der Waals surface area contributed by atoms with Crippen LogP contribution in [0.15, 0.2) is 71.4 Å². The van der Waals surface area contributed by atoms with Gasteiger partial charge in [-0.15, -0.1) is 22.7 Å². The highest BCUT2D eigenvalue weighted by Crippen LogP contribution is 2.29. The Labute approximate surface area is 165 Å². The zero-order valence-electron chi connectivity index (χ0n) is 14.6. The van der Waals surface area contributed by atoms with E-state index in [1.807, 2.05) is 59.3 Å². The number of aryl methyl sites for hydroxylation is 1. The van der Waals surface area contributed by atoms with Crippen LogP contribution in [0.5, 0.6) is 0 Å². The van der Waals surface area contributed by atoms with Crippen molar-refractivity contribution in [3.63, 3.8) is 0 Å². The summed E-state index contributed by atoms with van der Waals surface area (Å²) in [5.74, 6) is -0.0952. The van der Waals surface area contributed by atoms with Crippen molar-refractivity contribution in [1.82, 2.24) is 4.98 Å². The first kappa shape index (κ1) is 17.5. The fourth-order valence-corrected chi connectivity index (χ4v) is 4.03. The van der Waals surface area contributed by atoms with Crippen molar-refractivity contribution in [2.45, 2.75) is 6.92 Å². The molecule has 6 heteroatoms. The minimum atomic E-state index is -0.0952. The van der Waals surface area contributed by atoms with Crippen LogP contribution in [0, 0.1) is 6.92 Å². The summed E-state index contributed by atoms with van der Waals surface area (Å²) in [5, 5.41) is 11.0. The van der Waals surface area contributed by atoms with Crippen LogP contribution in [-0.4, -0.2) is 10.9 Å². The summed E-state index contributed by atoms with van der Waals surface area (Å²) in [5.41, 5.74) is 4.82. The zero-order chi connectivity index (χ0) is 18.6. The maximum Gasteiger partial charge on any atom is 0.265 e.